The third-order valence-corrected chi connectivity index (χ3v) is 6.81. The van der Waals surface area contributed by atoms with Crippen molar-refractivity contribution in [1.82, 2.24) is 10.1 Å². The molecule has 1 aromatic heterocycles. The normalized spacial score (nSPS) is 15.2. The third kappa shape index (κ3) is 5.69. The second-order valence-electron chi connectivity index (χ2n) is 8.04. The Labute approximate surface area is 206 Å². The second-order valence-corrected chi connectivity index (χ2v) is 9.72. The summed E-state index contributed by atoms with van der Waals surface area (Å²) in [6, 6.07) is 12.2. The molecule has 0 radical (unpaired) electrons. The molecule has 1 fully saturated rings. The molecule has 33 heavy (non-hydrogen) atoms. The van der Waals surface area contributed by atoms with Gasteiger partial charge in [0.1, 0.15) is 0 Å². The Kier molecular flexibility index (Phi) is 7.41. The molecular weight excluding hydrogens is 614 g/mol. The molecule has 1 aliphatic rings. The summed E-state index contributed by atoms with van der Waals surface area (Å²) in [5.74, 6) is 0.473. The number of sulfonamides is 1. The first-order valence-electron chi connectivity index (χ1n) is 10.1. The molecule has 2 aromatic carbocycles. The Morgan fingerprint density at radius 2 is 1.85 bits per heavy atom. The standard InChI is InChI=1S/C22H24N5O4S.W/c1-3-18(23)20-25-19(26-31-20)14-5-4-6-17(13-14)32(29,30)27-16-9-7-15(8-10-16)24-21(28)22(2)11-12-22;/h3-10,13,18,27H,11-12,23H2,1-2H3,(H,24,28);/q-1;/t18-;/m0./s1. The van der Waals surface area contributed by atoms with Crippen molar-refractivity contribution in [2.75, 3.05) is 10.0 Å². The van der Waals surface area contributed by atoms with E-state index in [-0.39, 0.29) is 49.0 Å². The van der Waals surface area contributed by atoms with E-state index in [1.54, 1.807) is 49.7 Å². The van der Waals surface area contributed by atoms with Crippen LogP contribution in [0.15, 0.2) is 57.9 Å². The zero-order chi connectivity index (χ0) is 22.9. The number of rotatable bonds is 8. The molecule has 0 aliphatic heterocycles. The molecule has 0 saturated heterocycles. The molecule has 0 bridgehead atoms. The van der Waals surface area contributed by atoms with Crippen LogP contribution in [-0.4, -0.2) is 24.5 Å². The predicted octanol–water partition coefficient (Wildman–Crippen LogP) is 3.50. The van der Waals surface area contributed by atoms with Crippen molar-refractivity contribution in [2.45, 2.75) is 37.6 Å². The number of nitrogens with two attached hydrogens (primary N) is 1. The van der Waals surface area contributed by atoms with Gasteiger partial charge in [-0.2, -0.15) is 11.9 Å². The molecule has 1 saturated carbocycles. The van der Waals surface area contributed by atoms with Crippen molar-refractivity contribution in [3.8, 4) is 11.4 Å². The zero-order valence-corrected chi connectivity index (χ0v) is 21.9. The van der Waals surface area contributed by atoms with Crippen LogP contribution in [0.3, 0.4) is 0 Å². The van der Waals surface area contributed by atoms with Crippen molar-refractivity contribution in [3.05, 3.63) is 60.8 Å². The smallest absolute Gasteiger partial charge is 0.261 e. The minimum Gasteiger partial charge on any atom is -0.348 e. The number of benzene rings is 2. The summed E-state index contributed by atoms with van der Waals surface area (Å²) in [5.41, 5.74) is 7.04. The molecule has 9 nitrogen and oxygen atoms in total. The summed E-state index contributed by atoms with van der Waals surface area (Å²) in [6.07, 6.45) is 3.47. The van der Waals surface area contributed by atoms with Gasteiger partial charge in [0.25, 0.3) is 10.0 Å². The van der Waals surface area contributed by atoms with Gasteiger partial charge in [0.05, 0.1) is 4.90 Å². The van der Waals surface area contributed by atoms with E-state index in [0.717, 1.165) is 12.8 Å². The van der Waals surface area contributed by atoms with E-state index in [9.17, 15) is 13.2 Å². The molecule has 1 amide bonds. The summed E-state index contributed by atoms with van der Waals surface area (Å²) in [5, 5.41) is 6.74. The SMILES string of the molecule is C[CH-][C@H](N)c1nc(-c2cccc(S(=O)(=O)Nc3ccc(NC(=O)C4(C)CC4)cc3)c2)no1.[W]. The van der Waals surface area contributed by atoms with Crippen LogP contribution in [0, 0.1) is 11.8 Å². The van der Waals surface area contributed by atoms with Gasteiger partial charge in [0.2, 0.25) is 17.6 Å². The third-order valence-electron chi connectivity index (χ3n) is 5.43. The molecule has 3 aromatic rings. The number of carbonyl (C=O) groups is 1. The number of anilines is 2. The fourth-order valence-corrected chi connectivity index (χ4v) is 4.07. The Morgan fingerprint density at radius 3 is 2.48 bits per heavy atom. The van der Waals surface area contributed by atoms with Gasteiger partial charge in [-0.3, -0.25) is 9.52 Å². The molecule has 4 N–H and O–H groups in total. The Morgan fingerprint density at radius 1 is 1.18 bits per heavy atom. The van der Waals surface area contributed by atoms with E-state index in [1.807, 2.05) is 6.92 Å². The van der Waals surface area contributed by atoms with Gasteiger partial charge in [-0.05, 0) is 55.3 Å². The van der Waals surface area contributed by atoms with Gasteiger partial charge < -0.3 is 22.0 Å². The van der Waals surface area contributed by atoms with E-state index in [1.165, 1.54) is 12.1 Å². The van der Waals surface area contributed by atoms with Crippen LogP contribution in [-0.2, 0) is 35.9 Å². The fraction of sp³-hybridized carbons (Fsp3) is 0.273. The summed E-state index contributed by atoms with van der Waals surface area (Å²) in [4.78, 5) is 16.4. The summed E-state index contributed by atoms with van der Waals surface area (Å²) < 4.78 is 33.4. The van der Waals surface area contributed by atoms with Gasteiger partial charge in [0.15, 0.2) is 0 Å². The molecule has 0 unspecified atom stereocenters. The average Bonchev–Trinajstić information content (AvgIpc) is 3.35. The van der Waals surface area contributed by atoms with Crippen LogP contribution in [0.1, 0.15) is 38.6 Å². The second kappa shape index (κ2) is 9.75. The van der Waals surface area contributed by atoms with Crippen LogP contribution in [0.4, 0.5) is 11.4 Å². The molecule has 1 atom stereocenters. The molecule has 1 aliphatic carbocycles. The molecule has 0 spiro atoms. The number of nitrogens with one attached hydrogen (secondary N) is 2. The van der Waals surface area contributed by atoms with Crippen LogP contribution >= 0.6 is 0 Å². The first-order chi connectivity index (χ1) is 15.2. The quantitative estimate of drug-likeness (QED) is 0.321. The Bertz CT molecular complexity index is 1240. The average molecular weight is 638 g/mol. The molecule has 11 heteroatoms. The molecular formula is C22H24N5O4SW-. The minimum absolute atomic E-state index is 0. The topological polar surface area (TPSA) is 140 Å². The van der Waals surface area contributed by atoms with E-state index < -0.39 is 16.1 Å². The molecule has 174 valence electrons. The Balaban J connectivity index is 0.00000306. The van der Waals surface area contributed by atoms with E-state index in [0.29, 0.717) is 16.9 Å². The van der Waals surface area contributed by atoms with Crippen molar-refractivity contribution in [1.29, 1.82) is 0 Å². The first kappa shape index (κ1) is 25.1. The zero-order valence-electron chi connectivity index (χ0n) is 18.1. The molecule has 1 heterocycles. The van der Waals surface area contributed by atoms with Crippen molar-refractivity contribution < 1.29 is 38.8 Å². The van der Waals surface area contributed by atoms with Gasteiger partial charge >= 0.3 is 0 Å². The first-order valence-corrected chi connectivity index (χ1v) is 11.6. The van der Waals surface area contributed by atoms with Gasteiger partial charge in [-0.1, -0.05) is 24.2 Å². The summed E-state index contributed by atoms with van der Waals surface area (Å²) in [7, 11) is -3.86. The monoisotopic (exact) mass is 638 g/mol. The summed E-state index contributed by atoms with van der Waals surface area (Å²) in [6.45, 7) is 3.70. The number of aromatic nitrogens is 2. The van der Waals surface area contributed by atoms with Crippen molar-refractivity contribution >= 4 is 27.3 Å². The maximum atomic E-state index is 12.9. The largest absolute Gasteiger partial charge is 0.348 e. The van der Waals surface area contributed by atoms with Crippen molar-refractivity contribution in [3.63, 3.8) is 0 Å². The fourth-order valence-electron chi connectivity index (χ4n) is 2.96. The maximum Gasteiger partial charge on any atom is 0.261 e. The molecule has 4 rings (SSSR count). The number of carbonyl (C=O) groups excluding carboxylic acids is 1. The van der Waals surface area contributed by atoms with Crippen LogP contribution in [0.5, 0.6) is 0 Å². The van der Waals surface area contributed by atoms with Crippen LogP contribution in [0.25, 0.3) is 11.4 Å². The van der Waals surface area contributed by atoms with Crippen molar-refractivity contribution in [2.24, 2.45) is 11.1 Å². The van der Waals surface area contributed by atoms with Crippen LogP contribution in [0.2, 0.25) is 0 Å². The maximum absolute atomic E-state index is 12.9. The minimum atomic E-state index is -3.86. The number of amides is 1. The predicted molar refractivity (Wildman–Crippen MR) is 120 cm³/mol. The van der Waals surface area contributed by atoms with Crippen LogP contribution < -0.4 is 15.8 Å². The number of hydrogen-bond donors (Lipinski definition) is 3. The number of nitrogens with zero attached hydrogens (tertiary/aromatic N) is 2. The Hall–Kier alpha value is -2.55. The van der Waals surface area contributed by atoms with E-state index >= 15 is 0 Å². The van der Waals surface area contributed by atoms with Gasteiger partial charge in [-0.15, -0.1) is 0 Å². The van der Waals surface area contributed by atoms with E-state index in [2.05, 4.69) is 20.2 Å². The number of hydrogen-bond acceptors (Lipinski definition) is 7. The van der Waals surface area contributed by atoms with Gasteiger partial charge in [-0.25, -0.2) is 8.42 Å². The van der Waals surface area contributed by atoms with Gasteiger partial charge in [0, 0.05) is 43.4 Å². The van der Waals surface area contributed by atoms with E-state index in [4.69, 9.17) is 10.3 Å². The summed E-state index contributed by atoms with van der Waals surface area (Å²) >= 11 is 0.